The molecule has 0 aliphatic heterocycles. The molecule has 1 aliphatic rings. The van der Waals surface area contributed by atoms with Crippen molar-refractivity contribution in [2.75, 3.05) is 0 Å². The Kier molecular flexibility index (Phi) is 5.15. The predicted molar refractivity (Wildman–Crippen MR) is 97.4 cm³/mol. The molecule has 0 heterocycles. The van der Waals surface area contributed by atoms with Crippen LogP contribution in [-0.4, -0.2) is 0 Å². The molecule has 1 fully saturated rings. The molecule has 1 aliphatic carbocycles. The molecule has 0 saturated heterocycles. The van der Waals surface area contributed by atoms with E-state index < -0.39 is 0 Å². The number of halogens is 1. The highest BCUT2D eigenvalue weighted by Crippen LogP contribution is 2.38. The Hall–Kier alpha value is -1.63. The van der Waals surface area contributed by atoms with Crippen molar-refractivity contribution in [1.29, 1.82) is 0 Å². The molecule has 0 radical (unpaired) electrons. The number of benzene rings is 2. The summed E-state index contributed by atoms with van der Waals surface area (Å²) in [6.45, 7) is 4.26. The number of fused-ring (bicyclic) bond motifs is 1. The molecule has 0 atom stereocenters. The molecule has 2 aromatic carbocycles. The molecule has 2 aromatic rings. The van der Waals surface area contributed by atoms with E-state index >= 15 is 4.39 Å². The van der Waals surface area contributed by atoms with Gasteiger partial charge in [0.15, 0.2) is 0 Å². The third-order valence-corrected chi connectivity index (χ3v) is 5.26. The first-order valence-corrected chi connectivity index (χ1v) is 9.06. The largest absolute Gasteiger partial charge is 0.206 e. The molecule has 1 heteroatoms. The van der Waals surface area contributed by atoms with Gasteiger partial charge in [-0.3, -0.25) is 0 Å². The van der Waals surface area contributed by atoms with E-state index in [0.29, 0.717) is 11.8 Å². The second kappa shape index (κ2) is 7.29. The molecule has 122 valence electrons. The first-order chi connectivity index (χ1) is 11.2. The van der Waals surface area contributed by atoms with Crippen LogP contribution in [0.25, 0.3) is 10.8 Å². The number of allylic oxidation sites excluding steroid dienone is 2. The standard InChI is InChI=1S/C22H27F/c1-3-5-16-7-10-18(11-8-16)20-14-12-19-15-17(6-4-2)9-13-21(19)22(20)23/h3,5,9,12-16,18H,4,6-8,10-11H2,1-2H3/b5-3+. The van der Waals surface area contributed by atoms with Crippen LogP contribution < -0.4 is 0 Å². The molecule has 0 spiro atoms. The van der Waals surface area contributed by atoms with Crippen LogP contribution in [-0.2, 0) is 6.42 Å². The van der Waals surface area contributed by atoms with Gasteiger partial charge in [0.2, 0.25) is 0 Å². The fourth-order valence-corrected chi connectivity index (χ4v) is 4.01. The van der Waals surface area contributed by atoms with Gasteiger partial charge < -0.3 is 0 Å². The quantitative estimate of drug-likeness (QED) is 0.546. The summed E-state index contributed by atoms with van der Waals surface area (Å²) in [5.41, 5.74) is 2.23. The van der Waals surface area contributed by atoms with E-state index in [9.17, 15) is 0 Å². The van der Waals surface area contributed by atoms with Gasteiger partial charge in [-0.05, 0) is 67.4 Å². The molecule has 0 nitrogen and oxygen atoms in total. The molecular formula is C22H27F. The average molecular weight is 310 g/mol. The first-order valence-electron chi connectivity index (χ1n) is 9.06. The van der Waals surface area contributed by atoms with Gasteiger partial charge in [0.25, 0.3) is 0 Å². The van der Waals surface area contributed by atoms with Gasteiger partial charge >= 0.3 is 0 Å². The zero-order chi connectivity index (χ0) is 16.2. The highest BCUT2D eigenvalue weighted by atomic mass is 19.1. The van der Waals surface area contributed by atoms with E-state index in [-0.39, 0.29) is 5.82 Å². The molecule has 0 N–H and O–H groups in total. The number of hydrogen-bond acceptors (Lipinski definition) is 0. The van der Waals surface area contributed by atoms with E-state index in [4.69, 9.17) is 0 Å². The van der Waals surface area contributed by atoms with Crippen molar-refractivity contribution in [1.82, 2.24) is 0 Å². The summed E-state index contributed by atoms with van der Waals surface area (Å²) in [5, 5.41) is 1.83. The molecule has 0 bridgehead atoms. The zero-order valence-electron chi connectivity index (χ0n) is 14.3. The van der Waals surface area contributed by atoms with E-state index in [0.717, 1.165) is 42.0 Å². The fourth-order valence-electron chi connectivity index (χ4n) is 4.01. The van der Waals surface area contributed by atoms with Gasteiger partial charge in [-0.2, -0.15) is 0 Å². The lowest BCUT2D eigenvalue weighted by molar-refractivity contribution is 0.369. The van der Waals surface area contributed by atoms with E-state index in [1.54, 1.807) is 0 Å². The van der Waals surface area contributed by atoms with Gasteiger partial charge in [0.1, 0.15) is 5.82 Å². The third kappa shape index (κ3) is 3.49. The average Bonchev–Trinajstić information content (AvgIpc) is 2.57. The van der Waals surface area contributed by atoms with Crippen LogP contribution in [0.5, 0.6) is 0 Å². The Morgan fingerprint density at radius 2 is 1.87 bits per heavy atom. The smallest absolute Gasteiger partial charge is 0.134 e. The minimum Gasteiger partial charge on any atom is -0.206 e. The predicted octanol–water partition coefficient (Wildman–Crippen LogP) is 6.78. The summed E-state index contributed by atoms with van der Waals surface area (Å²) >= 11 is 0. The lowest BCUT2D eigenvalue weighted by Gasteiger charge is -2.27. The molecule has 23 heavy (non-hydrogen) atoms. The summed E-state index contributed by atoms with van der Waals surface area (Å²) in [4.78, 5) is 0. The van der Waals surface area contributed by atoms with E-state index in [1.165, 1.54) is 18.4 Å². The van der Waals surface area contributed by atoms with Crippen molar-refractivity contribution in [3.8, 4) is 0 Å². The van der Waals surface area contributed by atoms with Crippen LogP contribution in [0.2, 0.25) is 0 Å². The molecular weight excluding hydrogens is 283 g/mol. The molecule has 0 aromatic heterocycles. The summed E-state index contributed by atoms with van der Waals surface area (Å²) in [7, 11) is 0. The monoisotopic (exact) mass is 310 g/mol. The van der Waals surface area contributed by atoms with Gasteiger partial charge in [0, 0.05) is 5.39 Å². The highest BCUT2D eigenvalue weighted by Gasteiger charge is 2.23. The van der Waals surface area contributed by atoms with Gasteiger partial charge in [-0.1, -0.05) is 55.8 Å². The maximum Gasteiger partial charge on any atom is 0.134 e. The normalized spacial score (nSPS) is 22.0. The van der Waals surface area contributed by atoms with Crippen molar-refractivity contribution < 1.29 is 4.39 Å². The minimum atomic E-state index is 0.0139. The fraction of sp³-hybridized carbons (Fsp3) is 0.455. The Morgan fingerprint density at radius 1 is 1.09 bits per heavy atom. The van der Waals surface area contributed by atoms with Crippen LogP contribution in [0.15, 0.2) is 42.5 Å². The van der Waals surface area contributed by atoms with Crippen molar-refractivity contribution in [2.24, 2.45) is 5.92 Å². The SMILES string of the molecule is C/C=C/C1CCC(c2ccc3cc(CCC)ccc3c2F)CC1. The molecule has 1 saturated carbocycles. The van der Waals surface area contributed by atoms with Crippen LogP contribution in [0, 0.1) is 11.7 Å². The van der Waals surface area contributed by atoms with Crippen molar-refractivity contribution in [3.05, 3.63) is 59.4 Å². The Balaban J connectivity index is 1.85. The maximum atomic E-state index is 15.0. The van der Waals surface area contributed by atoms with Gasteiger partial charge in [-0.25, -0.2) is 4.39 Å². The molecule has 3 rings (SSSR count). The first kappa shape index (κ1) is 16.2. The molecule has 0 amide bonds. The second-order valence-corrected chi connectivity index (χ2v) is 6.91. The maximum absolute atomic E-state index is 15.0. The van der Waals surface area contributed by atoms with Crippen LogP contribution in [0.4, 0.5) is 4.39 Å². The second-order valence-electron chi connectivity index (χ2n) is 6.91. The minimum absolute atomic E-state index is 0.0139. The van der Waals surface area contributed by atoms with Crippen LogP contribution in [0.1, 0.15) is 63.0 Å². The van der Waals surface area contributed by atoms with Crippen LogP contribution in [0.3, 0.4) is 0 Å². The van der Waals surface area contributed by atoms with E-state index in [1.807, 2.05) is 12.1 Å². The summed E-state index contributed by atoms with van der Waals surface area (Å²) in [6, 6.07) is 10.4. The topological polar surface area (TPSA) is 0 Å². The van der Waals surface area contributed by atoms with Crippen molar-refractivity contribution in [2.45, 2.75) is 58.3 Å². The van der Waals surface area contributed by atoms with Crippen molar-refractivity contribution >= 4 is 10.8 Å². The van der Waals surface area contributed by atoms with Crippen LogP contribution >= 0.6 is 0 Å². The Bertz CT molecular complexity index is 690. The lowest BCUT2D eigenvalue weighted by Crippen LogP contribution is -2.13. The van der Waals surface area contributed by atoms with Gasteiger partial charge in [0.05, 0.1) is 0 Å². The van der Waals surface area contributed by atoms with Crippen molar-refractivity contribution in [3.63, 3.8) is 0 Å². The highest BCUT2D eigenvalue weighted by molar-refractivity contribution is 5.84. The van der Waals surface area contributed by atoms with E-state index in [2.05, 4.69) is 44.2 Å². The summed E-state index contributed by atoms with van der Waals surface area (Å²) in [6.07, 6.45) is 11.2. The summed E-state index contributed by atoms with van der Waals surface area (Å²) < 4.78 is 15.0. The third-order valence-electron chi connectivity index (χ3n) is 5.26. The Morgan fingerprint density at radius 3 is 2.57 bits per heavy atom. The Labute approximate surface area is 139 Å². The molecule has 0 unspecified atom stereocenters. The number of rotatable bonds is 4. The lowest BCUT2D eigenvalue weighted by atomic mass is 9.78. The number of aryl methyl sites for hydroxylation is 1. The van der Waals surface area contributed by atoms with Gasteiger partial charge in [-0.15, -0.1) is 0 Å². The zero-order valence-corrected chi connectivity index (χ0v) is 14.3. The summed E-state index contributed by atoms with van der Waals surface area (Å²) in [5.74, 6) is 1.09. The number of hydrogen-bond donors (Lipinski definition) is 0.